The largest absolute Gasteiger partial charge is 0.467 e. The molecule has 0 saturated heterocycles. The summed E-state index contributed by atoms with van der Waals surface area (Å²) in [7, 11) is 1.21. The molecule has 0 saturated carbocycles. The van der Waals surface area contributed by atoms with E-state index in [1.165, 1.54) is 7.11 Å². The number of hydrogen-bond donors (Lipinski definition) is 3. The number of aliphatic hydroxyl groups excluding tert-OH is 1. The Labute approximate surface area is 115 Å². The van der Waals surface area contributed by atoms with Crippen molar-refractivity contribution in [3.8, 4) is 0 Å². The summed E-state index contributed by atoms with van der Waals surface area (Å²) in [5.41, 5.74) is 1.78. The lowest BCUT2D eigenvalue weighted by atomic mass is 10.1. The second-order valence-electron chi connectivity index (χ2n) is 4.36. The predicted molar refractivity (Wildman–Crippen MR) is 73.0 cm³/mol. The molecule has 0 bridgehead atoms. The van der Waals surface area contributed by atoms with Gasteiger partial charge in [0.15, 0.2) is 6.04 Å². The van der Waals surface area contributed by atoms with Crippen LogP contribution in [-0.2, 0) is 20.7 Å². The molecule has 1 aromatic carbocycles. The Bertz CT molecular complexity index is 620. The van der Waals surface area contributed by atoms with Gasteiger partial charge in [0.2, 0.25) is 5.91 Å². The van der Waals surface area contributed by atoms with Crippen molar-refractivity contribution < 1.29 is 19.4 Å². The standard InChI is InChI=1S/C14H16N2O4/c1-20-14(19)12(8-17)16-13(18)6-9-7-15-11-5-3-2-4-10(9)11/h2-5,7,12,15,17H,6,8H2,1H3,(H,16,18). The first-order valence-corrected chi connectivity index (χ1v) is 6.18. The normalized spacial score (nSPS) is 12.1. The molecule has 0 spiro atoms. The highest BCUT2D eigenvalue weighted by Crippen LogP contribution is 2.17. The number of aliphatic hydroxyl groups is 1. The Balaban J connectivity index is 2.06. The van der Waals surface area contributed by atoms with Gasteiger partial charge in [0.25, 0.3) is 0 Å². The van der Waals surface area contributed by atoms with Crippen LogP contribution in [0.5, 0.6) is 0 Å². The average molecular weight is 276 g/mol. The number of ether oxygens (including phenoxy) is 1. The van der Waals surface area contributed by atoms with Crippen LogP contribution >= 0.6 is 0 Å². The van der Waals surface area contributed by atoms with Crippen LogP contribution in [0.4, 0.5) is 0 Å². The highest BCUT2D eigenvalue weighted by molar-refractivity contribution is 5.90. The molecule has 1 aromatic heterocycles. The molecule has 1 amide bonds. The zero-order valence-corrected chi connectivity index (χ0v) is 11.1. The lowest BCUT2D eigenvalue weighted by molar-refractivity contribution is -0.146. The van der Waals surface area contributed by atoms with Gasteiger partial charge in [0.1, 0.15) is 0 Å². The number of benzene rings is 1. The van der Waals surface area contributed by atoms with Gasteiger partial charge in [-0.3, -0.25) is 4.79 Å². The fourth-order valence-corrected chi connectivity index (χ4v) is 2.02. The second-order valence-corrected chi connectivity index (χ2v) is 4.36. The van der Waals surface area contributed by atoms with Gasteiger partial charge in [-0.05, 0) is 11.6 Å². The van der Waals surface area contributed by atoms with Crippen LogP contribution in [0.15, 0.2) is 30.5 Å². The summed E-state index contributed by atoms with van der Waals surface area (Å²) < 4.78 is 4.49. The van der Waals surface area contributed by atoms with Gasteiger partial charge in [-0.15, -0.1) is 0 Å². The Morgan fingerprint density at radius 1 is 1.40 bits per heavy atom. The topological polar surface area (TPSA) is 91.4 Å². The summed E-state index contributed by atoms with van der Waals surface area (Å²) in [5, 5.41) is 12.5. The maximum Gasteiger partial charge on any atom is 0.330 e. The van der Waals surface area contributed by atoms with Crippen molar-refractivity contribution >= 4 is 22.8 Å². The molecule has 1 atom stereocenters. The Hall–Kier alpha value is -2.34. The van der Waals surface area contributed by atoms with Crippen molar-refractivity contribution in [3.63, 3.8) is 0 Å². The SMILES string of the molecule is COC(=O)C(CO)NC(=O)Cc1c[nH]c2ccccc12. The molecule has 0 aliphatic carbocycles. The van der Waals surface area contributed by atoms with Gasteiger partial charge in [0, 0.05) is 17.1 Å². The van der Waals surface area contributed by atoms with Crippen molar-refractivity contribution in [2.45, 2.75) is 12.5 Å². The maximum absolute atomic E-state index is 11.9. The number of fused-ring (bicyclic) bond motifs is 1. The number of aromatic nitrogens is 1. The predicted octanol–water partition coefficient (Wildman–Crippen LogP) is 0.360. The minimum absolute atomic E-state index is 0.123. The molecule has 20 heavy (non-hydrogen) atoms. The second kappa shape index (κ2) is 6.21. The van der Waals surface area contributed by atoms with Gasteiger partial charge in [-0.25, -0.2) is 4.79 Å². The minimum atomic E-state index is -1.03. The van der Waals surface area contributed by atoms with E-state index in [2.05, 4.69) is 15.0 Å². The van der Waals surface area contributed by atoms with E-state index in [1.54, 1.807) is 6.20 Å². The van der Waals surface area contributed by atoms with E-state index in [-0.39, 0.29) is 12.3 Å². The zero-order chi connectivity index (χ0) is 14.5. The molecule has 2 aromatic rings. The number of para-hydroxylation sites is 1. The lowest BCUT2D eigenvalue weighted by Gasteiger charge is -2.13. The molecule has 1 unspecified atom stereocenters. The molecule has 6 nitrogen and oxygen atoms in total. The van der Waals surface area contributed by atoms with E-state index < -0.39 is 18.6 Å². The molecule has 2 rings (SSSR count). The Morgan fingerprint density at radius 3 is 2.85 bits per heavy atom. The molecule has 6 heteroatoms. The first-order valence-electron chi connectivity index (χ1n) is 6.18. The van der Waals surface area contributed by atoms with Crippen LogP contribution in [0.1, 0.15) is 5.56 Å². The molecule has 0 aliphatic rings. The van der Waals surface area contributed by atoms with Crippen LogP contribution in [0.2, 0.25) is 0 Å². The Kier molecular flexibility index (Phi) is 4.37. The number of esters is 1. The quantitative estimate of drug-likeness (QED) is 0.688. The van der Waals surface area contributed by atoms with Crippen LogP contribution in [0, 0.1) is 0 Å². The number of rotatable bonds is 5. The van der Waals surface area contributed by atoms with Crippen LogP contribution in [0.25, 0.3) is 10.9 Å². The number of amides is 1. The number of hydrogen-bond acceptors (Lipinski definition) is 4. The van der Waals surface area contributed by atoms with Crippen molar-refractivity contribution in [2.24, 2.45) is 0 Å². The summed E-state index contributed by atoms with van der Waals surface area (Å²) in [4.78, 5) is 26.3. The van der Waals surface area contributed by atoms with Gasteiger partial charge < -0.3 is 20.1 Å². The number of aromatic amines is 1. The average Bonchev–Trinajstić information content (AvgIpc) is 2.87. The molecular weight excluding hydrogens is 260 g/mol. The van der Waals surface area contributed by atoms with Gasteiger partial charge in [0.05, 0.1) is 20.1 Å². The first-order chi connectivity index (χ1) is 9.65. The van der Waals surface area contributed by atoms with E-state index in [1.807, 2.05) is 24.3 Å². The van der Waals surface area contributed by atoms with Crippen molar-refractivity contribution in [1.82, 2.24) is 10.3 Å². The van der Waals surface area contributed by atoms with Crippen LogP contribution < -0.4 is 5.32 Å². The monoisotopic (exact) mass is 276 g/mol. The summed E-state index contributed by atoms with van der Waals surface area (Å²) in [6, 6.07) is 6.60. The fourth-order valence-electron chi connectivity index (χ4n) is 2.02. The summed E-state index contributed by atoms with van der Waals surface area (Å²) >= 11 is 0. The van der Waals surface area contributed by atoms with Crippen molar-refractivity contribution in [2.75, 3.05) is 13.7 Å². The van der Waals surface area contributed by atoms with Gasteiger partial charge in [-0.1, -0.05) is 18.2 Å². The smallest absolute Gasteiger partial charge is 0.330 e. The third-order valence-corrected chi connectivity index (χ3v) is 3.03. The van der Waals surface area contributed by atoms with E-state index in [0.29, 0.717) is 0 Å². The number of nitrogens with one attached hydrogen (secondary N) is 2. The number of methoxy groups -OCH3 is 1. The zero-order valence-electron chi connectivity index (χ0n) is 11.1. The molecule has 106 valence electrons. The third-order valence-electron chi connectivity index (χ3n) is 3.03. The van der Waals surface area contributed by atoms with Crippen molar-refractivity contribution in [3.05, 3.63) is 36.0 Å². The number of carbonyl (C=O) groups excluding carboxylic acids is 2. The summed E-state index contributed by atoms with van der Waals surface area (Å²) in [5.74, 6) is -1.01. The summed E-state index contributed by atoms with van der Waals surface area (Å²) in [6.07, 6.45) is 1.88. The van der Waals surface area contributed by atoms with Crippen molar-refractivity contribution in [1.29, 1.82) is 0 Å². The number of H-pyrrole nitrogens is 1. The minimum Gasteiger partial charge on any atom is -0.467 e. The molecule has 3 N–H and O–H groups in total. The van der Waals surface area contributed by atoms with E-state index in [9.17, 15) is 9.59 Å². The molecule has 0 radical (unpaired) electrons. The van der Waals surface area contributed by atoms with Crippen LogP contribution in [-0.4, -0.2) is 41.7 Å². The molecule has 0 fully saturated rings. The van der Waals surface area contributed by atoms with E-state index in [4.69, 9.17) is 5.11 Å². The highest BCUT2D eigenvalue weighted by Gasteiger charge is 2.20. The molecule has 0 aliphatic heterocycles. The number of carbonyl (C=O) groups is 2. The Morgan fingerprint density at radius 2 is 2.15 bits per heavy atom. The van der Waals surface area contributed by atoms with Gasteiger partial charge in [-0.2, -0.15) is 0 Å². The fraction of sp³-hybridized carbons (Fsp3) is 0.286. The third kappa shape index (κ3) is 2.97. The maximum atomic E-state index is 11.9. The highest BCUT2D eigenvalue weighted by atomic mass is 16.5. The first kappa shape index (κ1) is 14.1. The van der Waals surface area contributed by atoms with E-state index >= 15 is 0 Å². The lowest BCUT2D eigenvalue weighted by Crippen LogP contribution is -2.44. The van der Waals surface area contributed by atoms with E-state index in [0.717, 1.165) is 16.5 Å². The molecule has 1 heterocycles. The van der Waals surface area contributed by atoms with Crippen LogP contribution in [0.3, 0.4) is 0 Å². The summed E-state index contributed by atoms with van der Waals surface area (Å²) in [6.45, 7) is -0.494. The van der Waals surface area contributed by atoms with Gasteiger partial charge >= 0.3 is 5.97 Å². The molecular formula is C14H16N2O4.